The van der Waals surface area contributed by atoms with Crippen LogP contribution in [0.1, 0.15) is 44.9 Å². The summed E-state index contributed by atoms with van der Waals surface area (Å²) in [6, 6.07) is 0.608. The Morgan fingerprint density at radius 3 is 2.89 bits per heavy atom. The van der Waals surface area contributed by atoms with Crippen molar-refractivity contribution in [1.82, 2.24) is 14.5 Å². The molecular weight excluding hydrogens is 240 g/mol. The summed E-state index contributed by atoms with van der Waals surface area (Å²) in [7, 11) is 1.97. The Kier molecular flexibility index (Phi) is 4.58. The standard InChI is InChI=1S/C14H24N4O/c1-11(15)4-3-5-14(19)18(12-6-7-12)10-13-16-8-9-17(13)2/h8-9,11-12H,3-7,10,15H2,1-2H3. The van der Waals surface area contributed by atoms with Crippen molar-refractivity contribution in [3.05, 3.63) is 18.2 Å². The third kappa shape index (κ3) is 4.06. The molecule has 0 aliphatic heterocycles. The number of amides is 1. The van der Waals surface area contributed by atoms with Crippen LogP contribution in [0.15, 0.2) is 12.4 Å². The van der Waals surface area contributed by atoms with Gasteiger partial charge in [0.15, 0.2) is 0 Å². The lowest BCUT2D eigenvalue weighted by atomic mass is 10.1. The zero-order valence-electron chi connectivity index (χ0n) is 11.9. The van der Waals surface area contributed by atoms with Gasteiger partial charge in [0.05, 0.1) is 6.54 Å². The molecule has 0 bridgehead atoms. The van der Waals surface area contributed by atoms with E-state index in [-0.39, 0.29) is 11.9 Å². The second-order valence-electron chi connectivity index (χ2n) is 5.58. The zero-order chi connectivity index (χ0) is 13.8. The number of aromatic nitrogens is 2. The van der Waals surface area contributed by atoms with E-state index in [1.807, 2.05) is 29.6 Å². The molecule has 1 aliphatic carbocycles. The molecule has 1 aromatic heterocycles. The topological polar surface area (TPSA) is 64.2 Å². The van der Waals surface area contributed by atoms with Crippen LogP contribution < -0.4 is 5.73 Å². The predicted octanol–water partition coefficient (Wildman–Crippen LogP) is 1.43. The Hall–Kier alpha value is -1.36. The Labute approximate surface area is 114 Å². The van der Waals surface area contributed by atoms with Crippen LogP contribution in [-0.4, -0.2) is 32.4 Å². The van der Waals surface area contributed by atoms with Crippen molar-refractivity contribution in [2.24, 2.45) is 12.8 Å². The van der Waals surface area contributed by atoms with Crippen LogP contribution in [0.2, 0.25) is 0 Å². The smallest absolute Gasteiger partial charge is 0.223 e. The monoisotopic (exact) mass is 264 g/mol. The highest BCUT2D eigenvalue weighted by molar-refractivity contribution is 5.76. The van der Waals surface area contributed by atoms with E-state index < -0.39 is 0 Å². The average molecular weight is 264 g/mol. The molecule has 1 unspecified atom stereocenters. The summed E-state index contributed by atoms with van der Waals surface area (Å²) in [5, 5.41) is 0. The predicted molar refractivity (Wildman–Crippen MR) is 74.3 cm³/mol. The first-order chi connectivity index (χ1) is 9.08. The van der Waals surface area contributed by atoms with E-state index >= 15 is 0 Å². The van der Waals surface area contributed by atoms with Gasteiger partial charge < -0.3 is 15.2 Å². The SMILES string of the molecule is CC(N)CCCC(=O)N(Cc1nccn1C)C1CC1. The number of imidazole rings is 1. The van der Waals surface area contributed by atoms with Crippen LogP contribution in [0.25, 0.3) is 0 Å². The highest BCUT2D eigenvalue weighted by Gasteiger charge is 2.32. The maximum absolute atomic E-state index is 12.3. The quantitative estimate of drug-likeness (QED) is 0.810. The molecule has 19 heavy (non-hydrogen) atoms. The normalized spacial score (nSPS) is 16.4. The minimum absolute atomic E-state index is 0.178. The summed E-state index contributed by atoms with van der Waals surface area (Å²) in [4.78, 5) is 18.6. The van der Waals surface area contributed by atoms with Crippen molar-refractivity contribution < 1.29 is 4.79 Å². The molecule has 106 valence electrons. The van der Waals surface area contributed by atoms with Gasteiger partial charge in [-0.15, -0.1) is 0 Å². The number of nitrogens with two attached hydrogens (primary N) is 1. The largest absolute Gasteiger partial charge is 0.337 e. The average Bonchev–Trinajstić information content (AvgIpc) is 3.10. The van der Waals surface area contributed by atoms with Gasteiger partial charge in [-0.3, -0.25) is 4.79 Å². The third-order valence-electron chi connectivity index (χ3n) is 3.59. The second kappa shape index (κ2) is 6.19. The maximum atomic E-state index is 12.3. The van der Waals surface area contributed by atoms with Gasteiger partial charge in [-0.05, 0) is 32.6 Å². The molecule has 2 N–H and O–H groups in total. The molecule has 5 heteroatoms. The van der Waals surface area contributed by atoms with Crippen LogP contribution in [-0.2, 0) is 18.4 Å². The van der Waals surface area contributed by atoms with Crippen molar-refractivity contribution in [3.8, 4) is 0 Å². The van der Waals surface area contributed by atoms with E-state index in [2.05, 4.69) is 4.98 Å². The Morgan fingerprint density at radius 1 is 1.63 bits per heavy atom. The number of hydrogen-bond acceptors (Lipinski definition) is 3. The molecule has 0 spiro atoms. The van der Waals surface area contributed by atoms with Gasteiger partial charge in [-0.1, -0.05) is 0 Å². The van der Waals surface area contributed by atoms with E-state index in [0.29, 0.717) is 19.0 Å². The summed E-state index contributed by atoms with van der Waals surface area (Å²) in [6.45, 7) is 2.61. The van der Waals surface area contributed by atoms with Gasteiger partial charge in [0.25, 0.3) is 0 Å². The fourth-order valence-corrected chi connectivity index (χ4v) is 2.23. The highest BCUT2D eigenvalue weighted by atomic mass is 16.2. The molecule has 0 saturated heterocycles. The minimum atomic E-state index is 0.178. The van der Waals surface area contributed by atoms with E-state index in [1.54, 1.807) is 6.20 Å². The first kappa shape index (κ1) is 14.1. The van der Waals surface area contributed by atoms with Crippen LogP contribution >= 0.6 is 0 Å². The number of hydrogen-bond donors (Lipinski definition) is 1. The van der Waals surface area contributed by atoms with Gasteiger partial charge in [0.2, 0.25) is 5.91 Å². The van der Waals surface area contributed by atoms with Crippen molar-refractivity contribution in [2.75, 3.05) is 0 Å². The lowest BCUT2D eigenvalue weighted by Gasteiger charge is -2.22. The lowest BCUT2D eigenvalue weighted by Crippen LogP contribution is -2.33. The van der Waals surface area contributed by atoms with Crippen LogP contribution in [0.5, 0.6) is 0 Å². The van der Waals surface area contributed by atoms with Gasteiger partial charge in [-0.2, -0.15) is 0 Å². The summed E-state index contributed by atoms with van der Waals surface area (Å²) >= 11 is 0. The molecule has 1 saturated carbocycles. The van der Waals surface area contributed by atoms with Crippen LogP contribution in [0.4, 0.5) is 0 Å². The van der Waals surface area contributed by atoms with E-state index in [9.17, 15) is 4.79 Å². The van der Waals surface area contributed by atoms with Gasteiger partial charge >= 0.3 is 0 Å². The fourth-order valence-electron chi connectivity index (χ4n) is 2.23. The lowest BCUT2D eigenvalue weighted by molar-refractivity contribution is -0.132. The van der Waals surface area contributed by atoms with Gasteiger partial charge in [-0.25, -0.2) is 4.98 Å². The Morgan fingerprint density at radius 2 is 2.37 bits per heavy atom. The Bertz CT molecular complexity index is 423. The summed E-state index contributed by atoms with van der Waals surface area (Å²) in [5.41, 5.74) is 5.72. The molecule has 1 amide bonds. The Balaban J connectivity index is 1.89. The molecule has 0 radical (unpaired) electrons. The van der Waals surface area contributed by atoms with Crippen LogP contribution in [0.3, 0.4) is 0 Å². The summed E-state index contributed by atoms with van der Waals surface area (Å²) in [6.07, 6.45) is 8.34. The number of aryl methyl sites for hydroxylation is 1. The molecule has 1 aromatic rings. The van der Waals surface area contributed by atoms with Gasteiger partial charge in [0, 0.05) is 37.9 Å². The molecule has 1 aliphatic rings. The third-order valence-corrected chi connectivity index (χ3v) is 3.59. The van der Waals surface area contributed by atoms with Crippen molar-refractivity contribution >= 4 is 5.91 Å². The molecule has 0 aromatic carbocycles. The van der Waals surface area contributed by atoms with Crippen LogP contribution in [0, 0.1) is 0 Å². The van der Waals surface area contributed by atoms with E-state index in [0.717, 1.165) is 31.5 Å². The minimum Gasteiger partial charge on any atom is -0.337 e. The first-order valence-corrected chi connectivity index (χ1v) is 7.09. The summed E-state index contributed by atoms with van der Waals surface area (Å²) < 4.78 is 1.98. The van der Waals surface area contributed by atoms with Crippen molar-refractivity contribution in [3.63, 3.8) is 0 Å². The zero-order valence-corrected chi connectivity index (χ0v) is 11.9. The number of rotatable bonds is 7. The molecule has 2 rings (SSSR count). The molecule has 1 fully saturated rings. The molecule has 1 heterocycles. The van der Waals surface area contributed by atoms with E-state index in [4.69, 9.17) is 5.73 Å². The number of carbonyl (C=O) groups excluding carboxylic acids is 1. The van der Waals surface area contributed by atoms with Gasteiger partial charge in [0.1, 0.15) is 5.82 Å². The fraction of sp³-hybridized carbons (Fsp3) is 0.714. The number of carbonyl (C=O) groups is 1. The second-order valence-corrected chi connectivity index (χ2v) is 5.58. The highest BCUT2D eigenvalue weighted by Crippen LogP contribution is 2.29. The van der Waals surface area contributed by atoms with Crippen molar-refractivity contribution in [1.29, 1.82) is 0 Å². The molecule has 1 atom stereocenters. The molecule has 5 nitrogen and oxygen atoms in total. The summed E-state index contributed by atoms with van der Waals surface area (Å²) in [5.74, 6) is 1.19. The van der Waals surface area contributed by atoms with Crippen molar-refractivity contribution in [2.45, 2.75) is 57.7 Å². The maximum Gasteiger partial charge on any atom is 0.223 e. The molecular formula is C14H24N4O. The number of nitrogens with zero attached hydrogens (tertiary/aromatic N) is 3. The first-order valence-electron chi connectivity index (χ1n) is 7.09. The van der Waals surface area contributed by atoms with E-state index in [1.165, 1.54) is 0 Å².